The predicted octanol–water partition coefficient (Wildman–Crippen LogP) is 1.68. The van der Waals surface area contributed by atoms with Crippen molar-refractivity contribution < 1.29 is 0 Å². The molecule has 0 amide bonds. The maximum Gasteiger partial charge on any atom is 0.134 e. The number of hydrogen-bond donors (Lipinski definition) is 1. The molecule has 0 bridgehead atoms. The topological polar surface area (TPSA) is 55.0 Å². The first kappa shape index (κ1) is 10.2. The molecular weight excluding hydrogens is 188 g/mol. The molecule has 2 rings (SSSR count). The smallest absolute Gasteiger partial charge is 0.134 e. The van der Waals surface area contributed by atoms with Crippen molar-refractivity contribution in [3.63, 3.8) is 0 Å². The van der Waals surface area contributed by atoms with Gasteiger partial charge in [-0.05, 0) is 32.6 Å². The van der Waals surface area contributed by atoms with Crippen LogP contribution in [0.3, 0.4) is 0 Å². The van der Waals surface area contributed by atoms with Crippen LogP contribution in [0.2, 0.25) is 0 Å². The monoisotopic (exact) mass is 206 g/mol. The maximum absolute atomic E-state index is 5.67. The van der Waals surface area contributed by atoms with E-state index in [4.69, 9.17) is 5.73 Å². The van der Waals surface area contributed by atoms with Gasteiger partial charge in [-0.2, -0.15) is 0 Å². The molecule has 0 radical (unpaired) electrons. The molecule has 1 fully saturated rings. The van der Waals surface area contributed by atoms with Gasteiger partial charge >= 0.3 is 0 Å². The minimum atomic E-state index is 0.458. The third-order valence-electron chi connectivity index (χ3n) is 2.74. The van der Waals surface area contributed by atoms with Crippen molar-refractivity contribution in [3.8, 4) is 0 Å². The lowest BCUT2D eigenvalue weighted by atomic mass is 10.2. The average Bonchev–Trinajstić information content (AvgIpc) is 2.97. The van der Waals surface area contributed by atoms with E-state index in [0.29, 0.717) is 11.9 Å². The molecule has 0 saturated heterocycles. The zero-order valence-electron chi connectivity index (χ0n) is 9.35. The summed E-state index contributed by atoms with van der Waals surface area (Å²) in [5.41, 5.74) is 5.67. The van der Waals surface area contributed by atoms with Crippen LogP contribution >= 0.6 is 0 Å². The molecule has 4 nitrogen and oxygen atoms in total. The Balaban J connectivity index is 2.15. The Hall–Kier alpha value is -1.32. The number of nitrogens with two attached hydrogens (primary N) is 1. The van der Waals surface area contributed by atoms with Gasteiger partial charge in [0.2, 0.25) is 0 Å². The fraction of sp³-hybridized carbons (Fsp3) is 0.636. The van der Waals surface area contributed by atoms with Gasteiger partial charge in [0.25, 0.3) is 0 Å². The van der Waals surface area contributed by atoms with Crippen molar-refractivity contribution >= 4 is 11.6 Å². The molecule has 1 aliphatic rings. The van der Waals surface area contributed by atoms with Gasteiger partial charge in [-0.1, -0.05) is 0 Å². The van der Waals surface area contributed by atoms with Crippen LogP contribution in [0.15, 0.2) is 12.4 Å². The Morgan fingerprint density at radius 1 is 1.47 bits per heavy atom. The Morgan fingerprint density at radius 3 is 2.73 bits per heavy atom. The summed E-state index contributed by atoms with van der Waals surface area (Å²) in [4.78, 5) is 10.5. The summed E-state index contributed by atoms with van der Waals surface area (Å²) in [5.74, 6) is 2.34. The quantitative estimate of drug-likeness (QED) is 0.814. The molecule has 0 aromatic carbocycles. The lowest BCUT2D eigenvalue weighted by molar-refractivity contribution is 0.636. The SMILES string of the molecule is CC(C)N(CC1CC1)c1cc(N)ncn1. The number of nitrogens with zero attached hydrogens (tertiary/aromatic N) is 3. The molecule has 4 heteroatoms. The molecule has 82 valence electrons. The van der Waals surface area contributed by atoms with E-state index in [2.05, 4.69) is 28.7 Å². The number of rotatable bonds is 4. The second kappa shape index (κ2) is 4.04. The van der Waals surface area contributed by atoms with Gasteiger partial charge < -0.3 is 10.6 Å². The van der Waals surface area contributed by atoms with Crippen molar-refractivity contribution in [2.75, 3.05) is 17.2 Å². The van der Waals surface area contributed by atoms with Crippen LogP contribution in [0.25, 0.3) is 0 Å². The molecule has 0 unspecified atom stereocenters. The van der Waals surface area contributed by atoms with Crippen LogP contribution in [0.4, 0.5) is 11.6 Å². The zero-order chi connectivity index (χ0) is 10.8. The Labute approximate surface area is 90.5 Å². The van der Waals surface area contributed by atoms with Crippen LogP contribution in [0.1, 0.15) is 26.7 Å². The Kier molecular flexibility index (Phi) is 2.75. The molecule has 15 heavy (non-hydrogen) atoms. The largest absolute Gasteiger partial charge is 0.384 e. The molecule has 1 aromatic rings. The first-order valence-electron chi connectivity index (χ1n) is 5.51. The molecule has 1 heterocycles. The first-order valence-corrected chi connectivity index (χ1v) is 5.51. The molecule has 1 aliphatic carbocycles. The summed E-state index contributed by atoms with van der Waals surface area (Å²) >= 11 is 0. The van der Waals surface area contributed by atoms with Crippen molar-refractivity contribution in [1.82, 2.24) is 9.97 Å². The zero-order valence-corrected chi connectivity index (χ0v) is 9.35. The fourth-order valence-electron chi connectivity index (χ4n) is 1.67. The van der Waals surface area contributed by atoms with Gasteiger partial charge in [-0.3, -0.25) is 0 Å². The summed E-state index contributed by atoms with van der Waals surface area (Å²) in [5, 5.41) is 0. The third kappa shape index (κ3) is 2.58. The Bertz CT molecular complexity index is 333. The van der Waals surface area contributed by atoms with Crippen molar-refractivity contribution in [1.29, 1.82) is 0 Å². The minimum absolute atomic E-state index is 0.458. The van der Waals surface area contributed by atoms with E-state index >= 15 is 0 Å². The highest BCUT2D eigenvalue weighted by atomic mass is 15.2. The van der Waals surface area contributed by atoms with E-state index in [9.17, 15) is 0 Å². The highest BCUT2D eigenvalue weighted by Gasteiger charge is 2.26. The second-order valence-electron chi connectivity index (χ2n) is 4.49. The van der Waals surface area contributed by atoms with Crippen LogP contribution in [-0.2, 0) is 0 Å². The summed E-state index contributed by atoms with van der Waals surface area (Å²) in [6.45, 7) is 5.45. The van der Waals surface area contributed by atoms with Gasteiger partial charge in [0.05, 0.1) is 0 Å². The highest BCUT2D eigenvalue weighted by molar-refractivity contribution is 5.46. The van der Waals surface area contributed by atoms with Gasteiger partial charge in [0, 0.05) is 18.7 Å². The van der Waals surface area contributed by atoms with Gasteiger partial charge in [0.15, 0.2) is 0 Å². The number of anilines is 2. The molecule has 0 aliphatic heterocycles. The lowest BCUT2D eigenvalue weighted by Gasteiger charge is -2.27. The summed E-state index contributed by atoms with van der Waals surface area (Å²) in [6, 6.07) is 2.31. The number of hydrogen-bond acceptors (Lipinski definition) is 4. The van der Waals surface area contributed by atoms with Crippen LogP contribution in [-0.4, -0.2) is 22.6 Å². The highest BCUT2D eigenvalue weighted by Crippen LogP contribution is 2.31. The number of aromatic nitrogens is 2. The van der Waals surface area contributed by atoms with Gasteiger partial charge in [0.1, 0.15) is 18.0 Å². The fourth-order valence-corrected chi connectivity index (χ4v) is 1.67. The lowest BCUT2D eigenvalue weighted by Crippen LogP contribution is -2.33. The first-order chi connectivity index (χ1) is 7.16. The third-order valence-corrected chi connectivity index (χ3v) is 2.74. The predicted molar refractivity (Wildman–Crippen MR) is 61.7 cm³/mol. The van der Waals surface area contributed by atoms with Crippen molar-refractivity contribution in [2.24, 2.45) is 5.92 Å². The van der Waals surface area contributed by atoms with E-state index in [-0.39, 0.29) is 0 Å². The van der Waals surface area contributed by atoms with E-state index in [1.807, 2.05) is 6.07 Å². The van der Waals surface area contributed by atoms with Crippen LogP contribution in [0.5, 0.6) is 0 Å². The molecule has 2 N–H and O–H groups in total. The van der Waals surface area contributed by atoms with E-state index in [1.165, 1.54) is 19.2 Å². The molecule has 0 atom stereocenters. The standard InChI is InChI=1S/C11H18N4/c1-8(2)15(6-9-3-4-9)11-5-10(12)13-7-14-11/h5,7-9H,3-4,6H2,1-2H3,(H2,12,13,14). The van der Waals surface area contributed by atoms with E-state index in [1.54, 1.807) is 0 Å². The number of nitrogen functional groups attached to an aromatic ring is 1. The molecule has 0 spiro atoms. The average molecular weight is 206 g/mol. The van der Waals surface area contributed by atoms with Crippen LogP contribution in [0, 0.1) is 5.92 Å². The summed E-state index contributed by atoms with van der Waals surface area (Å²) in [6.07, 6.45) is 4.24. The minimum Gasteiger partial charge on any atom is -0.384 e. The molecule has 1 aromatic heterocycles. The van der Waals surface area contributed by atoms with Gasteiger partial charge in [-0.25, -0.2) is 9.97 Å². The van der Waals surface area contributed by atoms with E-state index < -0.39 is 0 Å². The second-order valence-corrected chi connectivity index (χ2v) is 4.49. The summed E-state index contributed by atoms with van der Waals surface area (Å²) in [7, 11) is 0. The van der Waals surface area contributed by atoms with Crippen molar-refractivity contribution in [2.45, 2.75) is 32.7 Å². The van der Waals surface area contributed by atoms with E-state index in [0.717, 1.165) is 18.3 Å². The van der Waals surface area contributed by atoms with Gasteiger partial charge in [-0.15, -0.1) is 0 Å². The summed E-state index contributed by atoms with van der Waals surface area (Å²) < 4.78 is 0. The molecule has 1 saturated carbocycles. The van der Waals surface area contributed by atoms with Crippen molar-refractivity contribution in [3.05, 3.63) is 12.4 Å². The normalized spacial score (nSPS) is 15.7. The molecular formula is C11H18N4. The van der Waals surface area contributed by atoms with Crippen LogP contribution < -0.4 is 10.6 Å². The Morgan fingerprint density at radius 2 is 2.20 bits per heavy atom. The maximum atomic E-state index is 5.67.